The average Bonchev–Trinajstić information content (AvgIpc) is 2.32. The van der Waals surface area contributed by atoms with Crippen molar-refractivity contribution < 1.29 is 18.7 Å². The van der Waals surface area contributed by atoms with E-state index in [-0.39, 0.29) is 18.3 Å². The van der Waals surface area contributed by atoms with E-state index >= 15 is 0 Å². The number of benzene rings is 1. The van der Waals surface area contributed by atoms with Crippen LogP contribution in [0.1, 0.15) is 6.92 Å². The second-order valence-electron chi connectivity index (χ2n) is 3.76. The van der Waals surface area contributed by atoms with Crippen LogP contribution in [-0.4, -0.2) is 32.3 Å². The molecule has 0 aliphatic rings. The Hall–Kier alpha value is -1.66. The van der Waals surface area contributed by atoms with E-state index in [1.807, 2.05) is 0 Å². The molecule has 0 bridgehead atoms. The van der Waals surface area contributed by atoms with Crippen LogP contribution in [0.25, 0.3) is 0 Å². The lowest BCUT2D eigenvalue weighted by Crippen LogP contribution is -2.32. The highest BCUT2D eigenvalue weighted by Gasteiger charge is 2.10. The van der Waals surface area contributed by atoms with Gasteiger partial charge in [-0.1, -0.05) is 0 Å². The molecule has 1 aromatic carbocycles. The zero-order valence-corrected chi connectivity index (χ0v) is 10.4. The minimum Gasteiger partial charge on any atom is -0.488 e. The number of nitrogens with one attached hydrogen (secondary N) is 1. The molecule has 0 radical (unpaired) electrons. The molecule has 0 saturated carbocycles. The Balaban J connectivity index is 2.64. The molecule has 6 heteroatoms. The molecule has 0 saturated heterocycles. The molecule has 5 nitrogen and oxygen atoms in total. The number of hydrogen-bond donors (Lipinski definition) is 2. The number of carbonyl (C=O) groups excluding carboxylic acids is 1. The van der Waals surface area contributed by atoms with Crippen molar-refractivity contribution >= 4 is 11.6 Å². The number of halogens is 1. The van der Waals surface area contributed by atoms with Crippen molar-refractivity contribution in [1.29, 1.82) is 0 Å². The molecule has 0 aromatic heterocycles. The first-order chi connectivity index (χ1) is 8.54. The summed E-state index contributed by atoms with van der Waals surface area (Å²) in [6, 6.07) is 3.53. The zero-order valence-electron chi connectivity index (χ0n) is 10.4. The van der Waals surface area contributed by atoms with Crippen LogP contribution in [0.2, 0.25) is 0 Å². The van der Waals surface area contributed by atoms with Gasteiger partial charge in [-0.15, -0.1) is 0 Å². The van der Waals surface area contributed by atoms with Crippen LogP contribution in [0.15, 0.2) is 18.2 Å². The van der Waals surface area contributed by atoms with Crippen LogP contribution in [0.4, 0.5) is 10.1 Å². The number of amides is 1. The van der Waals surface area contributed by atoms with E-state index in [1.54, 1.807) is 13.0 Å². The summed E-state index contributed by atoms with van der Waals surface area (Å²) in [7, 11) is 1.53. The van der Waals surface area contributed by atoms with Gasteiger partial charge in [-0.2, -0.15) is 0 Å². The number of nitrogens with two attached hydrogens (primary N) is 1. The first kappa shape index (κ1) is 14.4. The van der Waals surface area contributed by atoms with Gasteiger partial charge in [0.2, 0.25) is 5.91 Å². The predicted octanol–water partition coefficient (Wildman–Crippen LogP) is 1.14. The fourth-order valence-corrected chi connectivity index (χ4v) is 1.19. The summed E-state index contributed by atoms with van der Waals surface area (Å²) in [5.74, 6) is -0.804. The number of rotatable bonds is 6. The fourth-order valence-electron chi connectivity index (χ4n) is 1.19. The van der Waals surface area contributed by atoms with Crippen LogP contribution in [0.3, 0.4) is 0 Å². The summed E-state index contributed by atoms with van der Waals surface area (Å²) in [4.78, 5) is 11.3. The summed E-state index contributed by atoms with van der Waals surface area (Å²) in [5, 5.41) is 2.49. The third-order valence-electron chi connectivity index (χ3n) is 2.16. The molecule has 0 spiro atoms. The van der Waals surface area contributed by atoms with Crippen molar-refractivity contribution in [1.82, 2.24) is 0 Å². The number of methoxy groups -OCH3 is 1. The molecule has 0 heterocycles. The molecule has 0 aliphatic carbocycles. The molecular formula is C12H17FN2O3. The smallest absolute Gasteiger partial charge is 0.241 e. The van der Waals surface area contributed by atoms with E-state index in [0.717, 1.165) is 0 Å². The molecule has 0 unspecified atom stereocenters. The SMILES string of the molecule is COCCOc1ccc(NC(=O)[C@H](C)N)cc1F. The molecule has 0 aliphatic heterocycles. The maximum atomic E-state index is 13.6. The third kappa shape index (κ3) is 4.31. The summed E-state index contributed by atoms with van der Waals surface area (Å²) < 4.78 is 23.5. The van der Waals surface area contributed by atoms with Gasteiger partial charge in [0.05, 0.1) is 12.6 Å². The van der Waals surface area contributed by atoms with Gasteiger partial charge in [0.25, 0.3) is 0 Å². The summed E-state index contributed by atoms with van der Waals surface area (Å²) in [6.45, 7) is 2.19. The van der Waals surface area contributed by atoms with Crippen molar-refractivity contribution in [3.05, 3.63) is 24.0 Å². The Kier molecular flexibility index (Phi) is 5.54. The quantitative estimate of drug-likeness (QED) is 0.748. The van der Waals surface area contributed by atoms with Gasteiger partial charge in [0, 0.05) is 18.9 Å². The average molecular weight is 256 g/mol. The molecule has 0 fully saturated rings. The second kappa shape index (κ2) is 6.93. The Morgan fingerprint density at radius 2 is 2.22 bits per heavy atom. The number of hydrogen-bond acceptors (Lipinski definition) is 4. The lowest BCUT2D eigenvalue weighted by Gasteiger charge is -2.10. The molecule has 1 aromatic rings. The Bertz CT molecular complexity index is 410. The molecule has 1 atom stereocenters. The topological polar surface area (TPSA) is 73.6 Å². The number of anilines is 1. The molecule has 1 rings (SSSR count). The predicted molar refractivity (Wildman–Crippen MR) is 66.1 cm³/mol. The standard InChI is InChI=1S/C12H17FN2O3/c1-8(14)12(16)15-9-3-4-11(10(13)7-9)18-6-5-17-2/h3-4,7-8H,5-6,14H2,1-2H3,(H,15,16)/t8-/m0/s1. The van der Waals surface area contributed by atoms with Gasteiger partial charge in [-0.05, 0) is 19.1 Å². The lowest BCUT2D eigenvalue weighted by atomic mass is 10.2. The van der Waals surface area contributed by atoms with E-state index < -0.39 is 11.9 Å². The summed E-state index contributed by atoms with van der Waals surface area (Å²) in [5.41, 5.74) is 5.73. The maximum Gasteiger partial charge on any atom is 0.241 e. The minimum absolute atomic E-state index is 0.117. The number of ether oxygens (including phenoxy) is 2. The Morgan fingerprint density at radius 3 is 2.78 bits per heavy atom. The Morgan fingerprint density at radius 1 is 1.50 bits per heavy atom. The van der Waals surface area contributed by atoms with Gasteiger partial charge < -0.3 is 20.5 Å². The largest absolute Gasteiger partial charge is 0.488 e. The highest BCUT2D eigenvalue weighted by molar-refractivity contribution is 5.94. The first-order valence-corrected chi connectivity index (χ1v) is 5.52. The van der Waals surface area contributed by atoms with Crippen molar-refractivity contribution in [2.24, 2.45) is 5.73 Å². The normalized spacial score (nSPS) is 12.0. The molecular weight excluding hydrogens is 239 g/mol. The zero-order chi connectivity index (χ0) is 13.5. The second-order valence-corrected chi connectivity index (χ2v) is 3.76. The Labute approximate surface area is 105 Å². The summed E-state index contributed by atoms with van der Waals surface area (Å²) >= 11 is 0. The molecule has 18 heavy (non-hydrogen) atoms. The molecule has 3 N–H and O–H groups in total. The van der Waals surface area contributed by atoms with Gasteiger partial charge in [-0.3, -0.25) is 4.79 Å². The van der Waals surface area contributed by atoms with E-state index in [9.17, 15) is 9.18 Å². The van der Waals surface area contributed by atoms with Crippen LogP contribution >= 0.6 is 0 Å². The molecule has 100 valence electrons. The van der Waals surface area contributed by atoms with Crippen molar-refractivity contribution in [2.75, 3.05) is 25.6 Å². The highest BCUT2D eigenvalue weighted by atomic mass is 19.1. The van der Waals surface area contributed by atoms with Crippen molar-refractivity contribution in [3.8, 4) is 5.75 Å². The highest BCUT2D eigenvalue weighted by Crippen LogP contribution is 2.21. The van der Waals surface area contributed by atoms with E-state index in [1.165, 1.54) is 19.2 Å². The van der Waals surface area contributed by atoms with Crippen LogP contribution in [0, 0.1) is 5.82 Å². The fraction of sp³-hybridized carbons (Fsp3) is 0.417. The van der Waals surface area contributed by atoms with E-state index in [4.69, 9.17) is 15.2 Å². The summed E-state index contributed by atoms with van der Waals surface area (Å²) in [6.07, 6.45) is 0. The van der Waals surface area contributed by atoms with Gasteiger partial charge in [0.15, 0.2) is 11.6 Å². The van der Waals surface area contributed by atoms with Gasteiger partial charge in [0.1, 0.15) is 6.61 Å². The molecule has 1 amide bonds. The van der Waals surface area contributed by atoms with Crippen LogP contribution < -0.4 is 15.8 Å². The third-order valence-corrected chi connectivity index (χ3v) is 2.16. The number of carbonyl (C=O) groups is 1. The van der Waals surface area contributed by atoms with E-state index in [2.05, 4.69) is 5.32 Å². The lowest BCUT2D eigenvalue weighted by molar-refractivity contribution is -0.117. The van der Waals surface area contributed by atoms with Crippen molar-refractivity contribution in [3.63, 3.8) is 0 Å². The van der Waals surface area contributed by atoms with E-state index in [0.29, 0.717) is 12.3 Å². The van der Waals surface area contributed by atoms with Crippen molar-refractivity contribution in [2.45, 2.75) is 13.0 Å². The first-order valence-electron chi connectivity index (χ1n) is 5.52. The van der Waals surface area contributed by atoms with Gasteiger partial charge in [-0.25, -0.2) is 4.39 Å². The maximum absolute atomic E-state index is 13.6. The van der Waals surface area contributed by atoms with Crippen LogP contribution in [-0.2, 0) is 9.53 Å². The monoisotopic (exact) mass is 256 g/mol. The van der Waals surface area contributed by atoms with Crippen LogP contribution in [0.5, 0.6) is 5.75 Å². The van der Waals surface area contributed by atoms with Gasteiger partial charge >= 0.3 is 0 Å². The minimum atomic E-state index is -0.648.